The number of rotatable bonds is 0. The fourth-order valence-corrected chi connectivity index (χ4v) is 1.04. The van der Waals surface area contributed by atoms with Gasteiger partial charge < -0.3 is 4.42 Å². The summed E-state index contributed by atoms with van der Waals surface area (Å²) in [7, 11) is 0. The van der Waals surface area contributed by atoms with Gasteiger partial charge in [-0.3, -0.25) is 0 Å². The summed E-state index contributed by atoms with van der Waals surface area (Å²) < 4.78 is 17.6. The van der Waals surface area contributed by atoms with Crippen LogP contribution in [-0.2, 0) is 0 Å². The molecule has 54 valence electrons. The zero-order valence-electron chi connectivity index (χ0n) is 5.94. The molecule has 2 aromatic rings. The molecule has 11 heavy (non-hydrogen) atoms. The highest BCUT2D eigenvalue weighted by molar-refractivity contribution is 5.79. The van der Waals surface area contributed by atoms with E-state index in [1.165, 1.54) is 6.07 Å². The summed E-state index contributed by atoms with van der Waals surface area (Å²) in [6.45, 7) is 1.88. The minimum absolute atomic E-state index is 0.241. The Hall–Kier alpha value is -1.49. The summed E-state index contributed by atoms with van der Waals surface area (Å²) in [5, 5.41) is 0.671. The largest absolute Gasteiger partial charge is 0.403 e. The number of benzene rings is 1. The quantitative estimate of drug-likeness (QED) is 0.559. The average Bonchev–Trinajstić information content (AvgIpc) is 2.45. The lowest BCUT2D eigenvalue weighted by molar-refractivity contribution is 0.559. The Bertz CT molecular complexity index is 353. The first-order chi connectivity index (χ1) is 5.29. The van der Waals surface area contributed by atoms with Crippen molar-refractivity contribution >= 4 is 11.0 Å². The number of fused-ring (bicyclic) bond motifs is 1. The molecule has 2 rings (SSSR count). The molecule has 0 aliphatic carbocycles. The predicted molar refractivity (Wildman–Crippen MR) is 38.6 cm³/mol. The van der Waals surface area contributed by atoms with Crippen LogP contribution < -0.4 is 0 Å². The van der Waals surface area contributed by atoms with Gasteiger partial charge in [0.25, 0.3) is 0 Å². The molecular weight excluding hydrogens is 143 g/mol. The Morgan fingerprint density at radius 1 is 1.45 bits per heavy atom. The summed E-state index contributed by atoms with van der Waals surface area (Å²) in [6.07, 6.45) is 2.38. The third-order valence-electron chi connectivity index (χ3n) is 1.65. The van der Waals surface area contributed by atoms with E-state index in [2.05, 4.69) is 12.3 Å². The highest BCUT2D eigenvalue weighted by atomic mass is 19.1. The maximum Gasteiger partial charge on any atom is 0.191 e. The van der Waals surface area contributed by atoms with E-state index in [0.717, 1.165) is 5.56 Å². The van der Waals surface area contributed by atoms with Crippen molar-refractivity contribution in [2.75, 3.05) is 0 Å². The second-order valence-electron chi connectivity index (χ2n) is 2.40. The van der Waals surface area contributed by atoms with E-state index in [1.807, 2.05) is 6.92 Å². The van der Waals surface area contributed by atoms with Gasteiger partial charge in [0.2, 0.25) is 0 Å². The molecule has 0 aliphatic rings. The maximum atomic E-state index is 12.9. The standard InChI is InChI=1S/C9H5FO/c1-6-2-3-8(10)9-7(6)4-5-11-9/h2-3H,1H3. The van der Waals surface area contributed by atoms with Gasteiger partial charge in [-0.1, -0.05) is 6.07 Å². The molecule has 0 N–H and O–H groups in total. The van der Waals surface area contributed by atoms with Crippen LogP contribution in [0.3, 0.4) is 0 Å². The molecule has 0 unspecified atom stereocenters. The Morgan fingerprint density at radius 2 is 2.27 bits per heavy atom. The lowest BCUT2D eigenvalue weighted by Gasteiger charge is -1.92. The van der Waals surface area contributed by atoms with Crippen molar-refractivity contribution in [2.45, 2.75) is 6.92 Å². The normalized spacial score (nSPS) is 10.0. The van der Waals surface area contributed by atoms with Crippen LogP contribution in [0.5, 0.6) is 0 Å². The number of halogens is 1. The summed E-state index contributed by atoms with van der Waals surface area (Å²) in [4.78, 5) is 0. The molecule has 0 atom stereocenters. The first kappa shape index (κ1) is 6.23. The number of aryl methyl sites for hydroxylation is 1. The molecule has 1 nitrogen and oxygen atoms in total. The fourth-order valence-electron chi connectivity index (χ4n) is 1.04. The molecule has 1 aromatic heterocycles. The molecule has 0 radical (unpaired) electrons. The van der Waals surface area contributed by atoms with Gasteiger partial charge in [-0.2, -0.15) is 0 Å². The van der Waals surface area contributed by atoms with E-state index >= 15 is 0 Å². The van der Waals surface area contributed by atoms with Crippen LogP contribution in [0.25, 0.3) is 11.0 Å². The van der Waals surface area contributed by atoms with Crippen molar-refractivity contribution in [3.63, 3.8) is 0 Å². The van der Waals surface area contributed by atoms with E-state index in [-0.39, 0.29) is 11.4 Å². The van der Waals surface area contributed by atoms with Gasteiger partial charge in [-0.05, 0) is 24.6 Å². The zero-order chi connectivity index (χ0) is 7.84. The summed E-state index contributed by atoms with van der Waals surface area (Å²) in [5.74, 6) is -0.358. The second-order valence-corrected chi connectivity index (χ2v) is 2.40. The molecule has 0 bridgehead atoms. The minimum Gasteiger partial charge on any atom is -0.403 e. The second kappa shape index (κ2) is 2.00. The maximum absolute atomic E-state index is 12.9. The smallest absolute Gasteiger partial charge is 0.191 e. The Morgan fingerprint density at radius 3 is 3.00 bits per heavy atom. The fraction of sp³-hybridized carbons (Fsp3) is 0.111. The first-order valence-corrected chi connectivity index (χ1v) is 3.26. The molecule has 0 spiro atoms. The van der Waals surface area contributed by atoms with Gasteiger partial charge in [0.15, 0.2) is 11.4 Å². The van der Waals surface area contributed by atoms with Crippen LogP contribution in [0, 0.1) is 25.1 Å². The molecular formula is C9H5FO. The van der Waals surface area contributed by atoms with Crippen molar-refractivity contribution < 1.29 is 8.81 Å². The monoisotopic (exact) mass is 148 g/mol. The summed E-state index contributed by atoms with van der Waals surface area (Å²) in [5.41, 5.74) is 1.19. The molecule has 1 heterocycles. The molecule has 0 saturated heterocycles. The van der Waals surface area contributed by atoms with Gasteiger partial charge >= 0.3 is 0 Å². The van der Waals surface area contributed by atoms with Gasteiger partial charge in [-0.25, -0.2) is 4.39 Å². The van der Waals surface area contributed by atoms with Crippen LogP contribution in [-0.4, -0.2) is 0 Å². The Balaban J connectivity index is 2.96. The molecule has 0 amide bonds. The van der Waals surface area contributed by atoms with Gasteiger partial charge in [-0.15, -0.1) is 0 Å². The van der Waals surface area contributed by atoms with Crippen molar-refractivity contribution in [2.24, 2.45) is 0 Å². The lowest BCUT2D eigenvalue weighted by atomic mass is 10.1. The Kier molecular flexibility index (Phi) is 1.13. The minimum atomic E-state index is -0.358. The van der Waals surface area contributed by atoms with Crippen molar-refractivity contribution in [3.05, 3.63) is 35.8 Å². The Labute approximate surface area is 63.4 Å². The van der Waals surface area contributed by atoms with Crippen LogP contribution in [0.1, 0.15) is 5.56 Å². The number of hydrogen-bond donors (Lipinski definition) is 0. The molecule has 1 aromatic carbocycles. The SMILES string of the molecule is Cc1ccc(F)c2oc#cc12. The van der Waals surface area contributed by atoms with E-state index < -0.39 is 0 Å². The summed E-state index contributed by atoms with van der Waals surface area (Å²) in [6, 6.07) is 5.77. The van der Waals surface area contributed by atoms with Crippen molar-refractivity contribution in [1.82, 2.24) is 0 Å². The average molecular weight is 148 g/mol. The zero-order valence-corrected chi connectivity index (χ0v) is 5.94. The van der Waals surface area contributed by atoms with E-state index in [1.54, 1.807) is 6.07 Å². The van der Waals surface area contributed by atoms with Crippen molar-refractivity contribution in [3.8, 4) is 0 Å². The molecule has 0 aliphatic heterocycles. The predicted octanol–water partition coefficient (Wildman–Crippen LogP) is 2.48. The summed E-state index contributed by atoms with van der Waals surface area (Å²) >= 11 is 0. The topological polar surface area (TPSA) is 13.1 Å². The third-order valence-corrected chi connectivity index (χ3v) is 1.65. The van der Waals surface area contributed by atoms with E-state index in [4.69, 9.17) is 4.42 Å². The van der Waals surface area contributed by atoms with Crippen LogP contribution in [0.15, 0.2) is 16.5 Å². The van der Waals surface area contributed by atoms with Crippen LogP contribution in [0.2, 0.25) is 0 Å². The van der Waals surface area contributed by atoms with E-state index in [0.29, 0.717) is 5.39 Å². The van der Waals surface area contributed by atoms with Crippen LogP contribution >= 0.6 is 0 Å². The van der Waals surface area contributed by atoms with Crippen LogP contribution in [0.4, 0.5) is 4.39 Å². The first-order valence-electron chi connectivity index (χ1n) is 3.26. The molecule has 0 saturated carbocycles. The third kappa shape index (κ3) is 0.779. The number of hydrogen-bond acceptors (Lipinski definition) is 1. The lowest BCUT2D eigenvalue weighted by Crippen LogP contribution is -1.77. The van der Waals surface area contributed by atoms with Gasteiger partial charge in [0.05, 0.1) is 5.39 Å². The highest BCUT2D eigenvalue weighted by Gasteiger charge is 2.04. The van der Waals surface area contributed by atoms with Gasteiger partial charge in [0, 0.05) is 0 Å². The van der Waals surface area contributed by atoms with Crippen molar-refractivity contribution in [1.29, 1.82) is 0 Å². The van der Waals surface area contributed by atoms with Gasteiger partial charge in [0.1, 0.15) is 6.26 Å². The molecule has 0 fully saturated rings. The highest BCUT2D eigenvalue weighted by Crippen LogP contribution is 2.18. The van der Waals surface area contributed by atoms with E-state index in [9.17, 15) is 4.39 Å². The molecule has 2 heteroatoms.